The summed E-state index contributed by atoms with van der Waals surface area (Å²) >= 11 is 5.86. The van der Waals surface area contributed by atoms with Crippen molar-refractivity contribution in [3.63, 3.8) is 0 Å². The highest BCUT2D eigenvalue weighted by molar-refractivity contribution is 6.34. The number of hydrogen-bond donors (Lipinski definition) is 1. The van der Waals surface area contributed by atoms with E-state index in [-0.39, 0.29) is 11.0 Å². The van der Waals surface area contributed by atoms with Gasteiger partial charge in [-0.3, -0.25) is 0 Å². The van der Waals surface area contributed by atoms with Crippen molar-refractivity contribution in [3.8, 4) is 0 Å². The Balaban J connectivity index is 2.85. The van der Waals surface area contributed by atoms with E-state index in [2.05, 4.69) is 9.97 Å². The number of fused-ring (bicyclic) bond motifs is 1. The third-order valence-electron chi connectivity index (χ3n) is 2.07. The number of aromatic nitrogens is 2. The summed E-state index contributed by atoms with van der Waals surface area (Å²) in [5.41, 5.74) is 1.45. The molecule has 76 valence electrons. The zero-order valence-electron chi connectivity index (χ0n) is 7.86. The number of carbonyl (C=O) groups is 1. The van der Waals surface area contributed by atoms with Gasteiger partial charge >= 0.3 is 5.97 Å². The molecule has 0 radical (unpaired) electrons. The van der Waals surface area contributed by atoms with Crippen LogP contribution in [-0.2, 0) is 0 Å². The molecule has 15 heavy (non-hydrogen) atoms. The maximum Gasteiger partial charge on any atom is 0.374 e. The van der Waals surface area contributed by atoms with Gasteiger partial charge in [-0.05, 0) is 18.6 Å². The van der Waals surface area contributed by atoms with E-state index < -0.39 is 5.97 Å². The molecular weight excluding hydrogens is 216 g/mol. The molecule has 1 heterocycles. The summed E-state index contributed by atoms with van der Waals surface area (Å²) in [6, 6.07) is 5.43. The van der Waals surface area contributed by atoms with Crippen molar-refractivity contribution >= 4 is 28.5 Å². The summed E-state index contributed by atoms with van der Waals surface area (Å²) in [6.45, 7) is 1.84. The first-order chi connectivity index (χ1) is 7.09. The molecule has 0 saturated carbocycles. The summed E-state index contributed by atoms with van der Waals surface area (Å²) in [5, 5.41) is 9.61. The molecule has 0 amide bonds. The molecule has 2 aromatic rings. The van der Waals surface area contributed by atoms with E-state index in [1.165, 1.54) is 0 Å². The quantitative estimate of drug-likeness (QED) is 0.752. The smallest absolute Gasteiger partial charge is 0.374 e. The Kier molecular flexibility index (Phi) is 2.28. The fraction of sp³-hybridized carbons (Fsp3) is 0.100. The fourth-order valence-electron chi connectivity index (χ4n) is 1.35. The van der Waals surface area contributed by atoms with E-state index in [0.717, 1.165) is 5.56 Å². The van der Waals surface area contributed by atoms with Crippen molar-refractivity contribution in [2.24, 2.45) is 0 Å². The molecule has 0 saturated heterocycles. The van der Waals surface area contributed by atoms with Crippen LogP contribution in [0.2, 0.25) is 5.15 Å². The monoisotopic (exact) mass is 222 g/mol. The third-order valence-corrected chi connectivity index (χ3v) is 2.36. The SMILES string of the molecule is Cc1cccc2c(Cl)nc(C(=O)O)nc12. The summed E-state index contributed by atoms with van der Waals surface area (Å²) in [7, 11) is 0. The molecule has 5 heteroatoms. The van der Waals surface area contributed by atoms with Crippen LogP contribution >= 0.6 is 11.6 Å². The summed E-state index contributed by atoms with van der Waals surface area (Å²) < 4.78 is 0. The van der Waals surface area contributed by atoms with Gasteiger partial charge in [-0.25, -0.2) is 14.8 Å². The van der Waals surface area contributed by atoms with E-state index >= 15 is 0 Å². The van der Waals surface area contributed by atoms with E-state index in [1.807, 2.05) is 19.1 Å². The average molecular weight is 223 g/mol. The van der Waals surface area contributed by atoms with Crippen LogP contribution < -0.4 is 0 Å². The Hall–Kier alpha value is -1.68. The van der Waals surface area contributed by atoms with Crippen molar-refractivity contribution in [2.45, 2.75) is 6.92 Å². The molecule has 0 atom stereocenters. The third kappa shape index (κ3) is 1.64. The number of aromatic carboxylic acids is 1. The minimum absolute atomic E-state index is 0.168. The maximum atomic E-state index is 10.7. The first-order valence-corrected chi connectivity index (χ1v) is 4.63. The Bertz CT molecular complexity index is 554. The number of benzene rings is 1. The minimum atomic E-state index is -1.18. The first-order valence-electron chi connectivity index (χ1n) is 4.26. The number of halogens is 1. The van der Waals surface area contributed by atoms with Crippen LogP contribution in [-0.4, -0.2) is 21.0 Å². The van der Waals surface area contributed by atoms with E-state index in [9.17, 15) is 4.79 Å². The van der Waals surface area contributed by atoms with Crippen molar-refractivity contribution in [1.29, 1.82) is 0 Å². The minimum Gasteiger partial charge on any atom is -0.475 e. The van der Waals surface area contributed by atoms with Crippen LogP contribution in [0.15, 0.2) is 18.2 Å². The Labute approximate surface area is 90.5 Å². The Morgan fingerprint density at radius 2 is 2.13 bits per heavy atom. The van der Waals surface area contributed by atoms with Crippen LogP contribution in [0.25, 0.3) is 10.9 Å². The highest BCUT2D eigenvalue weighted by Gasteiger charge is 2.12. The van der Waals surface area contributed by atoms with Gasteiger partial charge in [-0.2, -0.15) is 0 Å². The lowest BCUT2D eigenvalue weighted by molar-refractivity contribution is 0.0684. The number of aryl methyl sites for hydroxylation is 1. The van der Waals surface area contributed by atoms with Crippen molar-refractivity contribution in [1.82, 2.24) is 9.97 Å². The van der Waals surface area contributed by atoms with Crippen LogP contribution in [0.1, 0.15) is 16.2 Å². The van der Waals surface area contributed by atoms with Gasteiger partial charge in [-0.15, -0.1) is 0 Å². The summed E-state index contributed by atoms with van der Waals surface area (Å²) in [5.74, 6) is -1.45. The number of carboxylic acid groups (broad SMARTS) is 1. The van der Waals surface area contributed by atoms with Crippen LogP contribution in [0.3, 0.4) is 0 Å². The van der Waals surface area contributed by atoms with E-state index in [0.29, 0.717) is 10.9 Å². The molecule has 0 unspecified atom stereocenters. The average Bonchev–Trinajstić information content (AvgIpc) is 2.19. The molecule has 2 rings (SSSR count). The predicted octanol–water partition coefficient (Wildman–Crippen LogP) is 2.29. The molecule has 1 aromatic heterocycles. The summed E-state index contributed by atoms with van der Waals surface area (Å²) in [4.78, 5) is 18.4. The zero-order valence-corrected chi connectivity index (χ0v) is 8.62. The lowest BCUT2D eigenvalue weighted by Gasteiger charge is -2.03. The van der Waals surface area contributed by atoms with Crippen molar-refractivity contribution in [3.05, 3.63) is 34.7 Å². The van der Waals surface area contributed by atoms with Gasteiger partial charge in [0, 0.05) is 5.39 Å². The van der Waals surface area contributed by atoms with Gasteiger partial charge in [0.05, 0.1) is 5.52 Å². The van der Waals surface area contributed by atoms with E-state index in [1.54, 1.807) is 6.07 Å². The number of carboxylic acids is 1. The lowest BCUT2D eigenvalue weighted by atomic mass is 10.1. The van der Waals surface area contributed by atoms with Gasteiger partial charge in [0.25, 0.3) is 0 Å². The molecule has 0 bridgehead atoms. The first kappa shape index (κ1) is 9.86. The lowest BCUT2D eigenvalue weighted by Crippen LogP contribution is -2.05. The summed E-state index contributed by atoms with van der Waals surface area (Å²) in [6.07, 6.45) is 0. The fourth-order valence-corrected chi connectivity index (χ4v) is 1.59. The second-order valence-corrected chi connectivity index (χ2v) is 3.47. The van der Waals surface area contributed by atoms with Crippen LogP contribution in [0.5, 0.6) is 0 Å². The molecule has 0 fully saturated rings. The zero-order chi connectivity index (χ0) is 11.0. The van der Waals surface area contributed by atoms with Crippen LogP contribution in [0, 0.1) is 6.92 Å². The van der Waals surface area contributed by atoms with Gasteiger partial charge in [-0.1, -0.05) is 23.7 Å². The molecule has 0 aliphatic rings. The van der Waals surface area contributed by atoms with Gasteiger partial charge in [0.2, 0.25) is 5.82 Å². The molecule has 1 N–H and O–H groups in total. The molecular formula is C10H7ClN2O2. The Morgan fingerprint density at radius 1 is 1.40 bits per heavy atom. The second kappa shape index (κ2) is 3.47. The molecule has 0 spiro atoms. The molecule has 4 nitrogen and oxygen atoms in total. The van der Waals surface area contributed by atoms with E-state index in [4.69, 9.17) is 16.7 Å². The topological polar surface area (TPSA) is 63.1 Å². The molecule has 1 aromatic carbocycles. The Morgan fingerprint density at radius 3 is 2.80 bits per heavy atom. The largest absolute Gasteiger partial charge is 0.475 e. The number of nitrogens with zero attached hydrogens (tertiary/aromatic N) is 2. The maximum absolute atomic E-state index is 10.7. The number of hydrogen-bond acceptors (Lipinski definition) is 3. The normalized spacial score (nSPS) is 10.5. The molecule has 0 aliphatic carbocycles. The van der Waals surface area contributed by atoms with Gasteiger partial charge in [0.15, 0.2) is 0 Å². The highest BCUT2D eigenvalue weighted by atomic mass is 35.5. The second-order valence-electron chi connectivity index (χ2n) is 3.11. The van der Waals surface area contributed by atoms with Crippen molar-refractivity contribution < 1.29 is 9.90 Å². The van der Waals surface area contributed by atoms with Gasteiger partial charge < -0.3 is 5.11 Å². The predicted molar refractivity (Wildman–Crippen MR) is 56.2 cm³/mol. The number of rotatable bonds is 1. The van der Waals surface area contributed by atoms with Crippen molar-refractivity contribution in [2.75, 3.05) is 0 Å². The van der Waals surface area contributed by atoms with Gasteiger partial charge in [0.1, 0.15) is 5.15 Å². The molecule has 0 aliphatic heterocycles. The number of para-hydroxylation sites is 1. The standard InChI is InChI=1S/C10H7ClN2O2/c1-5-3-2-4-6-7(5)12-9(10(14)15)13-8(6)11/h2-4H,1H3,(H,14,15). The van der Waals surface area contributed by atoms with Crippen LogP contribution in [0.4, 0.5) is 0 Å². The highest BCUT2D eigenvalue weighted by Crippen LogP contribution is 2.22.